The summed E-state index contributed by atoms with van der Waals surface area (Å²) in [5.74, 6) is 0.959. The maximum atomic E-state index is 10.7. The van der Waals surface area contributed by atoms with Crippen molar-refractivity contribution in [2.24, 2.45) is 5.92 Å². The van der Waals surface area contributed by atoms with Crippen LogP contribution in [0.2, 0.25) is 0 Å². The van der Waals surface area contributed by atoms with E-state index in [0.29, 0.717) is 0 Å². The largest absolute Gasteiger partial charge is 0.345 e. The lowest BCUT2D eigenvalue weighted by atomic mass is 10.0. The smallest absolute Gasteiger partial charge is 0.166 e. The van der Waals surface area contributed by atoms with Gasteiger partial charge in [-0.25, -0.2) is 0 Å². The molecule has 1 aromatic heterocycles. The number of rotatable bonds is 5. The number of carbonyl (C=O) groups is 1. The molecule has 0 saturated heterocycles. The number of hydrogen-bond donors (Lipinski definition) is 0. The quantitative estimate of drug-likeness (QED) is 0.676. The van der Waals surface area contributed by atoms with E-state index in [9.17, 15) is 4.79 Å². The molecule has 0 aliphatic heterocycles. The fourth-order valence-corrected chi connectivity index (χ4v) is 2.59. The summed E-state index contributed by atoms with van der Waals surface area (Å²) in [7, 11) is 0. The van der Waals surface area contributed by atoms with E-state index in [0.717, 1.165) is 24.4 Å². The van der Waals surface area contributed by atoms with Gasteiger partial charge in [0.05, 0.1) is 5.69 Å². The van der Waals surface area contributed by atoms with Gasteiger partial charge in [0.15, 0.2) is 6.29 Å². The number of aromatic nitrogens is 1. The third-order valence-corrected chi connectivity index (χ3v) is 3.47. The Kier molecular flexibility index (Phi) is 3.59. The van der Waals surface area contributed by atoms with Crippen LogP contribution in [0.15, 0.2) is 18.3 Å². The van der Waals surface area contributed by atoms with E-state index in [1.165, 1.54) is 38.5 Å². The predicted octanol–water partition coefficient (Wildman–Crippen LogP) is 3.27. The van der Waals surface area contributed by atoms with E-state index in [1.54, 1.807) is 0 Å². The fraction of sp³-hybridized carbons (Fsp3) is 0.615. The zero-order valence-corrected chi connectivity index (χ0v) is 9.19. The van der Waals surface area contributed by atoms with Gasteiger partial charge >= 0.3 is 0 Å². The Morgan fingerprint density at radius 1 is 1.40 bits per heavy atom. The third-order valence-electron chi connectivity index (χ3n) is 3.47. The lowest BCUT2D eigenvalue weighted by molar-refractivity contribution is 0.111. The van der Waals surface area contributed by atoms with Crippen LogP contribution in [0.25, 0.3) is 0 Å². The summed E-state index contributed by atoms with van der Waals surface area (Å²) >= 11 is 0. The van der Waals surface area contributed by atoms with Gasteiger partial charge in [0.2, 0.25) is 0 Å². The van der Waals surface area contributed by atoms with E-state index < -0.39 is 0 Å². The second-order valence-corrected chi connectivity index (χ2v) is 4.54. The van der Waals surface area contributed by atoms with Crippen LogP contribution in [0.1, 0.15) is 49.0 Å². The number of aldehydes is 1. The first-order chi connectivity index (χ1) is 7.40. The minimum Gasteiger partial charge on any atom is -0.345 e. The SMILES string of the molecule is O=Cc1cccn1CCCC1CCCC1. The topological polar surface area (TPSA) is 22.0 Å². The zero-order chi connectivity index (χ0) is 10.5. The van der Waals surface area contributed by atoms with Crippen molar-refractivity contribution < 1.29 is 4.79 Å². The van der Waals surface area contributed by atoms with Crippen molar-refractivity contribution in [1.82, 2.24) is 4.57 Å². The van der Waals surface area contributed by atoms with Crippen LogP contribution in [0.4, 0.5) is 0 Å². The van der Waals surface area contributed by atoms with E-state index in [1.807, 2.05) is 18.3 Å². The molecule has 2 heteroatoms. The average Bonchev–Trinajstić information content (AvgIpc) is 2.88. The molecule has 1 heterocycles. The van der Waals surface area contributed by atoms with Crippen LogP contribution in [-0.4, -0.2) is 10.9 Å². The molecule has 0 spiro atoms. The van der Waals surface area contributed by atoms with Gasteiger partial charge in [0, 0.05) is 12.7 Å². The van der Waals surface area contributed by atoms with Crippen molar-refractivity contribution in [3.8, 4) is 0 Å². The van der Waals surface area contributed by atoms with E-state index in [2.05, 4.69) is 4.57 Å². The molecular weight excluding hydrogens is 186 g/mol. The summed E-state index contributed by atoms with van der Waals surface area (Å²) in [4.78, 5) is 10.7. The summed E-state index contributed by atoms with van der Waals surface area (Å²) in [6, 6.07) is 3.82. The first kappa shape index (κ1) is 10.5. The highest BCUT2D eigenvalue weighted by Crippen LogP contribution is 2.28. The standard InChI is InChI=1S/C13H19NO/c15-11-13-8-4-10-14(13)9-3-7-12-5-1-2-6-12/h4,8,10-12H,1-3,5-7,9H2. The van der Waals surface area contributed by atoms with Crippen molar-refractivity contribution in [3.05, 3.63) is 24.0 Å². The van der Waals surface area contributed by atoms with Crippen LogP contribution in [0.5, 0.6) is 0 Å². The van der Waals surface area contributed by atoms with Crippen molar-refractivity contribution >= 4 is 6.29 Å². The Morgan fingerprint density at radius 3 is 2.93 bits per heavy atom. The molecule has 82 valence electrons. The predicted molar refractivity (Wildman–Crippen MR) is 61.0 cm³/mol. The highest BCUT2D eigenvalue weighted by atomic mass is 16.1. The molecule has 0 aromatic carbocycles. The summed E-state index contributed by atoms with van der Waals surface area (Å²) in [5.41, 5.74) is 0.807. The molecule has 1 aliphatic carbocycles. The van der Waals surface area contributed by atoms with Crippen LogP contribution >= 0.6 is 0 Å². The van der Waals surface area contributed by atoms with Crippen LogP contribution in [0.3, 0.4) is 0 Å². The molecule has 1 saturated carbocycles. The van der Waals surface area contributed by atoms with Gasteiger partial charge < -0.3 is 4.57 Å². The maximum Gasteiger partial charge on any atom is 0.166 e. The second kappa shape index (κ2) is 5.15. The first-order valence-corrected chi connectivity index (χ1v) is 6.00. The summed E-state index contributed by atoms with van der Waals surface area (Å²) < 4.78 is 2.06. The molecule has 1 aliphatic rings. The van der Waals surface area contributed by atoms with E-state index >= 15 is 0 Å². The molecule has 2 rings (SSSR count). The summed E-state index contributed by atoms with van der Waals surface area (Å²) in [5, 5.41) is 0. The Morgan fingerprint density at radius 2 is 2.20 bits per heavy atom. The van der Waals surface area contributed by atoms with E-state index in [4.69, 9.17) is 0 Å². The molecular formula is C13H19NO. The monoisotopic (exact) mass is 205 g/mol. The Balaban J connectivity index is 1.75. The van der Waals surface area contributed by atoms with Gasteiger partial charge in [-0.15, -0.1) is 0 Å². The zero-order valence-electron chi connectivity index (χ0n) is 9.19. The van der Waals surface area contributed by atoms with Crippen molar-refractivity contribution in [1.29, 1.82) is 0 Å². The van der Waals surface area contributed by atoms with Crippen molar-refractivity contribution in [2.45, 2.75) is 45.1 Å². The number of nitrogens with zero attached hydrogens (tertiary/aromatic N) is 1. The van der Waals surface area contributed by atoms with E-state index in [-0.39, 0.29) is 0 Å². The highest BCUT2D eigenvalue weighted by molar-refractivity contribution is 5.72. The lowest BCUT2D eigenvalue weighted by Gasteiger charge is -2.09. The van der Waals surface area contributed by atoms with Crippen molar-refractivity contribution in [2.75, 3.05) is 0 Å². The molecule has 1 fully saturated rings. The van der Waals surface area contributed by atoms with Crippen molar-refractivity contribution in [3.63, 3.8) is 0 Å². The minimum absolute atomic E-state index is 0.807. The molecule has 0 unspecified atom stereocenters. The van der Waals surface area contributed by atoms with Gasteiger partial charge in [-0.2, -0.15) is 0 Å². The molecule has 0 N–H and O–H groups in total. The molecule has 15 heavy (non-hydrogen) atoms. The fourth-order valence-electron chi connectivity index (χ4n) is 2.59. The van der Waals surface area contributed by atoms with Crippen LogP contribution in [-0.2, 0) is 6.54 Å². The third kappa shape index (κ3) is 2.71. The van der Waals surface area contributed by atoms with Crippen LogP contribution < -0.4 is 0 Å². The average molecular weight is 205 g/mol. The Bertz CT molecular complexity index is 310. The summed E-state index contributed by atoms with van der Waals surface area (Å²) in [6.45, 7) is 0.998. The molecule has 0 bridgehead atoms. The number of carbonyl (C=O) groups excluding carboxylic acids is 1. The second-order valence-electron chi connectivity index (χ2n) is 4.54. The lowest BCUT2D eigenvalue weighted by Crippen LogP contribution is -2.03. The number of hydrogen-bond acceptors (Lipinski definition) is 1. The number of aryl methyl sites for hydroxylation is 1. The molecule has 0 amide bonds. The van der Waals surface area contributed by atoms with Gasteiger partial charge in [-0.3, -0.25) is 4.79 Å². The van der Waals surface area contributed by atoms with Gasteiger partial charge in [0.1, 0.15) is 0 Å². The van der Waals surface area contributed by atoms with Gasteiger partial charge in [-0.1, -0.05) is 25.7 Å². The molecule has 0 atom stereocenters. The molecule has 1 aromatic rings. The Hall–Kier alpha value is -1.05. The summed E-state index contributed by atoms with van der Waals surface area (Å²) in [6.07, 6.45) is 11.2. The van der Waals surface area contributed by atoms with Crippen LogP contribution in [0, 0.1) is 5.92 Å². The van der Waals surface area contributed by atoms with Gasteiger partial charge in [0.25, 0.3) is 0 Å². The normalized spacial score (nSPS) is 17.1. The minimum atomic E-state index is 0.807. The van der Waals surface area contributed by atoms with Gasteiger partial charge in [-0.05, 0) is 30.9 Å². The maximum absolute atomic E-state index is 10.7. The molecule has 0 radical (unpaired) electrons. The first-order valence-electron chi connectivity index (χ1n) is 6.00. The highest BCUT2D eigenvalue weighted by Gasteiger charge is 2.14. The molecule has 2 nitrogen and oxygen atoms in total. The Labute approximate surface area is 91.3 Å².